The van der Waals surface area contributed by atoms with Gasteiger partial charge in [0.15, 0.2) is 0 Å². The lowest BCUT2D eigenvalue weighted by Crippen LogP contribution is -2.64. The minimum Gasteiger partial charge on any atom is -0.494 e. The number of rotatable bonds is 15. The zero-order chi connectivity index (χ0) is 34.8. The van der Waals surface area contributed by atoms with Gasteiger partial charge in [-0.3, -0.25) is 0 Å². The summed E-state index contributed by atoms with van der Waals surface area (Å²) in [6, 6.07) is 38.4. The first kappa shape index (κ1) is 36.1. The number of halogens is 1. The van der Waals surface area contributed by atoms with E-state index in [2.05, 4.69) is 37.3 Å². The van der Waals surface area contributed by atoms with Gasteiger partial charge in [-0.15, -0.1) is 0 Å². The van der Waals surface area contributed by atoms with E-state index in [0.717, 1.165) is 38.6 Å². The summed E-state index contributed by atoms with van der Waals surface area (Å²) in [4.78, 5) is 0. The third-order valence-corrected chi connectivity index (χ3v) is 9.91. The fraction of sp³-hybridized carbons (Fsp3) is 0.349. The number of allylic oxidation sites excluding steroid dienone is 3. The van der Waals surface area contributed by atoms with Crippen molar-refractivity contribution in [1.29, 1.82) is 0 Å². The second-order valence-electron chi connectivity index (χ2n) is 13.3. The first-order chi connectivity index (χ1) is 24.5. The molecule has 6 nitrogen and oxygen atoms in total. The van der Waals surface area contributed by atoms with Crippen molar-refractivity contribution in [2.45, 2.75) is 77.0 Å². The van der Waals surface area contributed by atoms with Gasteiger partial charge in [-0.1, -0.05) is 128 Å². The summed E-state index contributed by atoms with van der Waals surface area (Å²) >= 11 is 6.89. The Kier molecular flexibility index (Phi) is 12.6. The Morgan fingerprint density at radius 3 is 1.74 bits per heavy atom. The van der Waals surface area contributed by atoms with E-state index in [9.17, 15) is 5.11 Å². The highest BCUT2D eigenvalue weighted by molar-refractivity contribution is 6.31. The van der Waals surface area contributed by atoms with Crippen molar-refractivity contribution in [1.82, 2.24) is 0 Å². The molecule has 0 aromatic heterocycles. The fourth-order valence-electron chi connectivity index (χ4n) is 6.91. The smallest absolute Gasteiger partial charge is 0.119 e. The predicted molar refractivity (Wildman–Crippen MR) is 197 cm³/mol. The minimum atomic E-state index is -0.651. The van der Waals surface area contributed by atoms with Crippen LogP contribution in [0.1, 0.15) is 42.5 Å². The van der Waals surface area contributed by atoms with Crippen LogP contribution in [0.15, 0.2) is 138 Å². The van der Waals surface area contributed by atoms with Gasteiger partial charge < -0.3 is 28.8 Å². The summed E-state index contributed by atoms with van der Waals surface area (Å²) in [5.74, 6) is 0.847. The average Bonchev–Trinajstić information content (AvgIpc) is 3.16. The van der Waals surface area contributed by atoms with Crippen molar-refractivity contribution < 1.29 is 28.8 Å². The topological polar surface area (TPSA) is 66.4 Å². The molecule has 0 spiro atoms. The monoisotopic (exact) mass is 694 g/mol. The van der Waals surface area contributed by atoms with Gasteiger partial charge >= 0.3 is 0 Å². The molecule has 4 aromatic carbocycles. The summed E-state index contributed by atoms with van der Waals surface area (Å²) in [6.45, 7) is 5.61. The molecule has 6 unspecified atom stereocenters. The van der Waals surface area contributed by atoms with E-state index in [1.54, 1.807) is 0 Å². The molecule has 1 aliphatic heterocycles. The molecular formula is C43H47ClO6. The quantitative estimate of drug-likeness (QED) is 0.135. The molecule has 50 heavy (non-hydrogen) atoms. The number of hydrogen-bond donors (Lipinski definition) is 1. The minimum absolute atomic E-state index is 0.234. The summed E-state index contributed by atoms with van der Waals surface area (Å²) in [5, 5.41) is 11.6. The SMILES string of the molecule is CCOc1ccc(CC2=C(Cl)C=CC(C)(C3OC(CO)C(OCc4ccccc4)C(OCc4ccccc4)C3OCc3ccccc3)C2)cc1. The third kappa shape index (κ3) is 9.12. The van der Waals surface area contributed by atoms with Gasteiger partial charge in [0, 0.05) is 10.4 Å². The molecule has 0 bridgehead atoms. The second-order valence-corrected chi connectivity index (χ2v) is 13.7. The van der Waals surface area contributed by atoms with Gasteiger partial charge in [-0.2, -0.15) is 0 Å². The average molecular weight is 695 g/mol. The molecule has 0 radical (unpaired) electrons. The maximum absolute atomic E-state index is 10.8. The van der Waals surface area contributed by atoms with E-state index in [1.165, 1.54) is 0 Å². The number of hydrogen-bond acceptors (Lipinski definition) is 6. The number of benzene rings is 4. The largest absolute Gasteiger partial charge is 0.494 e. The van der Waals surface area contributed by atoms with Gasteiger partial charge in [0.2, 0.25) is 0 Å². The van der Waals surface area contributed by atoms with Crippen LogP contribution >= 0.6 is 11.6 Å². The van der Waals surface area contributed by atoms with E-state index >= 15 is 0 Å². The molecule has 4 aromatic rings. The lowest BCUT2D eigenvalue weighted by atomic mass is 9.70. The van der Waals surface area contributed by atoms with E-state index in [4.69, 9.17) is 35.3 Å². The molecule has 0 saturated carbocycles. The van der Waals surface area contributed by atoms with Gasteiger partial charge in [-0.05, 0) is 65.8 Å². The van der Waals surface area contributed by atoms with Crippen LogP contribution in [0.5, 0.6) is 5.75 Å². The van der Waals surface area contributed by atoms with Crippen LogP contribution in [0.4, 0.5) is 0 Å². The molecule has 7 heteroatoms. The maximum atomic E-state index is 10.8. The van der Waals surface area contributed by atoms with Crippen LogP contribution in [0.2, 0.25) is 0 Å². The number of aliphatic hydroxyl groups excluding tert-OH is 1. The fourth-order valence-corrected chi connectivity index (χ4v) is 7.11. The lowest BCUT2D eigenvalue weighted by Gasteiger charge is -2.51. The molecule has 1 aliphatic carbocycles. The number of ether oxygens (including phenoxy) is 5. The van der Waals surface area contributed by atoms with Crippen molar-refractivity contribution in [3.8, 4) is 5.75 Å². The Labute approximate surface area is 301 Å². The summed E-state index contributed by atoms with van der Waals surface area (Å²) in [7, 11) is 0. The molecule has 1 saturated heterocycles. The van der Waals surface area contributed by atoms with Crippen molar-refractivity contribution >= 4 is 11.6 Å². The molecule has 6 rings (SSSR count). The van der Waals surface area contributed by atoms with Crippen molar-refractivity contribution in [2.24, 2.45) is 5.41 Å². The van der Waals surface area contributed by atoms with E-state index in [-0.39, 0.29) is 6.61 Å². The second kappa shape index (κ2) is 17.5. The van der Waals surface area contributed by atoms with Gasteiger partial charge in [-0.25, -0.2) is 0 Å². The first-order valence-corrected chi connectivity index (χ1v) is 17.8. The lowest BCUT2D eigenvalue weighted by molar-refractivity contribution is -0.285. The summed E-state index contributed by atoms with van der Waals surface area (Å²) < 4.78 is 32.9. The zero-order valence-corrected chi connectivity index (χ0v) is 29.6. The van der Waals surface area contributed by atoms with Crippen LogP contribution in [0, 0.1) is 5.41 Å². The highest BCUT2D eigenvalue weighted by Gasteiger charge is 2.54. The highest BCUT2D eigenvalue weighted by atomic mass is 35.5. The molecule has 1 fully saturated rings. The van der Waals surface area contributed by atoms with Gasteiger partial charge in [0.25, 0.3) is 0 Å². The molecule has 1 heterocycles. The molecule has 1 N–H and O–H groups in total. The maximum Gasteiger partial charge on any atom is 0.119 e. The van der Waals surface area contributed by atoms with Crippen molar-refractivity contribution in [3.05, 3.63) is 160 Å². The van der Waals surface area contributed by atoms with Gasteiger partial charge in [0.05, 0.1) is 39.1 Å². The molecular weight excluding hydrogens is 648 g/mol. The Morgan fingerprint density at radius 2 is 1.22 bits per heavy atom. The third-order valence-electron chi connectivity index (χ3n) is 9.51. The zero-order valence-electron chi connectivity index (χ0n) is 28.8. The Bertz CT molecular complexity index is 1680. The normalized spacial score (nSPS) is 25.1. The summed E-state index contributed by atoms with van der Waals surface area (Å²) in [6.07, 6.45) is 2.62. The predicted octanol–water partition coefficient (Wildman–Crippen LogP) is 8.60. The molecule has 0 amide bonds. The van der Waals surface area contributed by atoms with E-state index in [1.807, 2.05) is 104 Å². The molecule has 2 aliphatic rings. The highest BCUT2D eigenvalue weighted by Crippen LogP contribution is 2.46. The Balaban J connectivity index is 1.32. The number of aliphatic hydroxyl groups is 1. The van der Waals surface area contributed by atoms with E-state index in [0.29, 0.717) is 39.3 Å². The Morgan fingerprint density at radius 1 is 0.700 bits per heavy atom. The molecule has 6 atom stereocenters. The van der Waals surface area contributed by atoms with Crippen LogP contribution in [-0.2, 0) is 45.2 Å². The van der Waals surface area contributed by atoms with Crippen LogP contribution in [0.3, 0.4) is 0 Å². The van der Waals surface area contributed by atoms with Gasteiger partial charge in [0.1, 0.15) is 30.2 Å². The first-order valence-electron chi connectivity index (χ1n) is 17.5. The Hall–Kier alpha value is -3.75. The molecule has 262 valence electrons. The van der Waals surface area contributed by atoms with Crippen LogP contribution < -0.4 is 4.74 Å². The summed E-state index contributed by atoms with van der Waals surface area (Å²) in [5.41, 5.74) is 4.82. The van der Waals surface area contributed by atoms with Crippen LogP contribution in [0.25, 0.3) is 0 Å². The standard InChI is InChI=1S/C43H47ClO6/c1-3-46-36-21-19-31(20-22-36)25-35-26-43(2,24-23-37(35)44)42-41(49-30-34-17-11-6-12-18-34)40(48-29-33-15-9-5-10-16-33)39(38(27-45)50-42)47-28-32-13-7-4-8-14-32/h4-24,38-42,45H,3,25-30H2,1-2H3. The van der Waals surface area contributed by atoms with E-state index < -0.39 is 35.9 Å². The van der Waals surface area contributed by atoms with Crippen LogP contribution in [-0.4, -0.2) is 48.8 Å². The van der Waals surface area contributed by atoms with Crippen molar-refractivity contribution in [3.63, 3.8) is 0 Å². The van der Waals surface area contributed by atoms with Crippen molar-refractivity contribution in [2.75, 3.05) is 13.2 Å².